The topological polar surface area (TPSA) is 29.1 Å². The van der Waals surface area contributed by atoms with E-state index in [-0.39, 0.29) is 5.91 Å². The second kappa shape index (κ2) is 1.98. The summed E-state index contributed by atoms with van der Waals surface area (Å²) >= 11 is 2.22. The van der Waals surface area contributed by atoms with Gasteiger partial charge in [-0.3, -0.25) is 4.79 Å². The zero-order valence-corrected chi connectivity index (χ0v) is 5.94. The van der Waals surface area contributed by atoms with E-state index in [1.165, 1.54) is 0 Å². The lowest BCUT2D eigenvalue weighted by Gasteiger charge is -1.93. The van der Waals surface area contributed by atoms with Gasteiger partial charge in [-0.05, 0) is 6.42 Å². The van der Waals surface area contributed by atoms with Crippen LogP contribution in [-0.4, -0.2) is 9.96 Å². The van der Waals surface area contributed by atoms with Crippen LogP contribution in [0.1, 0.15) is 12.8 Å². The zero-order chi connectivity index (χ0) is 5.28. The Kier molecular flexibility index (Phi) is 1.51. The van der Waals surface area contributed by atoms with Crippen LogP contribution in [0.3, 0.4) is 0 Å². The maximum Gasteiger partial charge on any atom is 0.220 e. The van der Waals surface area contributed by atoms with Crippen molar-refractivity contribution in [1.29, 1.82) is 0 Å². The van der Waals surface area contributed by atoms with E-state index in [2.05, 4.69) is 27.9 Å². The van der Waals surface area contributed by atoms with Crippen molar-refractivity contribution in [2.75, 3.05) is 0 Å². The number of carbonyl (C=O) groups is 1. The largest absolute Gasteiger partial charge is 0.344 e. The van der Waals surface area contributed by atoms with E-state index in [0.29, 0.717) is 10.5 Å². The first-order valence-corrected chi connectivity index (χ1v) is 3.47. The summed E-state index contributed by atoms with van der Waals surface area (Å²) in [7, 11) is 0. The minimum atomic E-state index is 0.194. The molecule has 1 heterocycles. The number of nitrogens with one attached hydrogen (secondary N) is 1. The van der Waals surface area contributed by atoms with Gasteiger partial charge >= 0.3 is 0 Å². The molecule has 7 heavy (non-hydrogen) atoms. The summed E-state index contributed by atoms with van der Waals surface area (Å²) in [5.41, 5.74) is 0. The molecule has 1 aliphatic rings. The van der Waals surface area contributed by atoms with Crippen LogP contribution in [0.25, 0.3) is 0 Å². The lowest BCUT2D eigenvalue weighted by molar-refractivity contribution is -0.119. The van der Waals surface area contributed by atoms with Gasteiger partial charge < -0.3 is 5.32 Å². The van der Waals surface area contributed by atoms with E-state index in [0.717, 1.165) is 6.42 Å². The monoisotopic (exact) mass is 211 g/mol. The molecule has 0 bridgehead atoms. The summed E-state index contributed by atoms with van der Waals surface area (Å²) < 4.78 is 0.394. The van der Waals surface area contributed by atoms with E-state index in [1.807, 2.05) is 0 Å². The third-order valence-electron chi connectivity index (χ3n) is 0.942. The van der Waals surface area contributed by atoms with Crippen molar-refractivity contribution in [2.24, 2.45) is 0 Å². The fraction of sp³-hybridized carbons (Fsp3) is 0.750. The molecular formula is C4H6INO. The Morgan fingerprint density at radius 3 is 2.71 bits per heavy atom. The van der Waals surface area contributed by atoms with Gasteiger partial charge in [0.2, 0.25) is 5.91 Å². The standard InChI is InChI=1S/C4H6INO/c5-3-1-2-4(7)6-3/h3H,1-2H2,(H,6,7)/t3-/m1/s1. The fourth-order valence-electron chi connectivity index (χ4n) is 0.577. The molecule has 0 aliphatic carbocycles. The molecule has 2 nitrogen and oxygen atoms in total. The van der Waals surface area contributed by atoms with Crippen LogP contribution in [-0.2, 0) is 4.79 Å². The van der Waals surface area contributed by atoms with Gasteiger partial charge in [-0.15, -0.1) is 0 Å². The lowest BCUT2D eigenvalue weighted by Crippen LogP contribution is -2.18. The molecule has 1 saturated heterocycles. The van der Waals surface area contributed by atoms with E-state index >= 15 is 0 Å². The van der Waals surface area contributed by atoms with Gasteiger partial charge in [0.05, 0.1) is 4.05 Å². The van der Waals surface area contributed by atoms with Crippen LogP contribution < -0.4 is 5.32 Å². The van der Waals surface area contributed by atoms with Gasteiger partial charge in [0.1, 0.15) is 0 Å². The van der Waals surface area contributed by atoms with Gasteiger partial charge in [0, 0.05) is 6.42 Å². The van der Waals surface area contributed by atoms with Crippen molar-refractivity contribution >= 4 is 28.5 Å². The van der Waals surface area contributed by atoms with Gasteiger partial charge in [0.15, 0.2) is 0 Å². The molecule has 0 saturated carbocycles. The number of rotatable bonds is 0. The van der Waals surface area contributed by atoms with Crippen molar-refractivity contribution in [1.82, 2.24) is 5.32 Å². The van der Waals surface area contributed by atoms with Gasteiger partial charge in [-0.1, -0.05) is 22.6 Å². The Hall–Kier alpha value is 0.200. The number of carbonyl (C=O) groups excluding carboxylic acids is 1. The summed E-state index contributed by atoms with van der Waals surface area (Å²) in [6.45, 7) is 0. The van der Waals surface area contributed by atoms with Gasteiger partial charge in [-0.2, -0.15) is 0 Å². The molecule has 1 amide bonds. The maximum absolute atomic E-state index is 10.3. The highest BCUT2D eigenvalue weighted by molar-refractivity contribution is 14.1. The normalized spacial score (nSPS) is 30.4. The highest BCUT2D eigenvalue weighted by Gasteiger charge is 2.16. The summed E-state index contributed by atoms with van der Waals surface area (Å²) in [5.74, 6) is 0.194. The third kappa shape index (κ3) is 1.29. The SMILES string of the molecule is O=C1CC[C@H](I)N1. The zero-order valence-electron chi connectivity index (χ0n) is 3.78. The molecule has 1 rings (SSSR count). The lowest BCUT2D eigenvalue weighted by atomic mass is 10.4. The first kappa shape index (κ1) is 5.34. The first-order valence-electron chi connectivity index (χ1n) is 2.22. The molecule has 1 N–H and O–H groups in total. The molecule has 1 aliphatic heterocycles. The smallest absolute Gasteiger partial charge is 0.220 e. The van der Waals surface area contributed by atoms with E-state index < -0.39 is 0 Å². The molecule has 0 aromatic carbocycles. The summed E-state index contributed by atoms with van der Waals surface area (Å²) in [6, 6.07) is 0. The van der Waals surface area contributed by atoms with Crippen LogP contribution in [0.15, 0.2) is 0 Å². The molecule has 1 fully saturated rings. The second-order valence-corrected chi connectivity index (χ2v) is 3.08. The average molecular weight is 211 g/mol. The van der Waals surface area contributed by atoms with Gasteiger partial charge in [-0.25, -0.2) is 0 Å². The third-order valence-corrected chi connectivity index (χ3v) is 1.88. The Labute approximate surface area is 55.8 Å². The fourth-order valence-corrected chi connectivity index (χ4v) is 1.24. The van der Waals surface area contributed by atoms with E-state index in [1.54, 1.807) is 0 Å². The van der Waals surface area contributed by atoms with E-state index in [4.69, 9.17) is 0 Å². The molecule has 0 aromatic heterocycles. The van der Waals surface area contributed by atoms with Crippen LogP contribution in [0, 0.1) is 0 Å². The molecule has 0 aromatic rings. The Bertz CT molecular complexity index is 93.7. The molecule has 0 spiro atoms. The average Bonchev–Trinajstić information content (AvgIpc) is 1.87. The minimum Gasteiger partial charge on any atom is -0.344 e. The van der Waals surface area contributed by atoms with Crippen molar-refractivity contribution in [3.63, 3.8) is 0 Å². The Morgan fingerprint density at radius 2 is 2.57 bits per heavy atom. The van der Waals surface area contributed by atoms with Gasteiger partial charge in [0.25, 0.3) is 0 Å². The molecule has 3 heteroatoms. The van der Waals surface area contributed by atoms with Crippen LogP contribution in [0.5, 0.6) is 0 Å². The summed E-state index contributed by atoms with van der Waals surface area (Å²) in [4.78, 5) is 10.3. The molecule has 1 atom stereocenters. The minimum absolute atomic E-state index is 0.194. The highest BCUT2D eigenvalue weighted by atomic mass is 127. The second-order valence-electron chi connectivity index (χ2n) is 1.57. The Balaban J connectivity index is 2.40. The number of amides is 1. The molecule has 0 unspecified atom stereocenters. The highest BCUT2D eigenvalue weighted by Crippen LogP contribution is 2.11. The van der Waals surface area contributed by atoms with E-state index in [9.17, 15) is 4.79 Å². The van der Waals surface area contributed by atoms with Crippen molar-refractivity contribution in [3.8, 4) is 0 Å². The van der Waals surface area contributed by atoms with Crippen LogP contribution in [0.2, 0.25) is 0 Å². The van der Waals surface area contributed by atoms with Crippen LogP contribution >= 0.6 is 22.6 Å². The summed E-state index contributed by atoms with van der Waals surface area (Å²) in [5, 5.41) is 2.76. The number of alkyl halides is 1. The predicted octanol–water partition coefficient (Wildman–Crippen LogP) is 0.657. The summed E-state index contributed by atoms with van der Waals surface area (Å²) in [6.07, 6.45) is 1.72. The predicted molar refractivity (Wildman–Crippen MR) is 35.2 cm³/mol. The number of halogens is 1. The molecular weight excluding hydrogens is 205 g/mol. The maximum atomic E-state index is 10.3. The van der Waals surface area contributed by atoms with Crippen molar-refractivity contribution in [2.45, 2.75) is 16.9 Å². The molecule has 0 radical (unpaired) electrons. The number of hydrogen-bond acceptors (Lipinski definition) is 1. The quantitative estimate of drug-likeness (QED) is 0.356. The first-order chi connectivity index (χ1) is 3.29. The number of hydrogen-bond donors (Lipinski definition) is 1. The van der Waals surface area contributed by atoms with Crippen molar-refractivity contribution in [3.05, 3.63) is 0 Å². The van der Waals surface area contributed by atoms with Crippen LogP contribution in [0.4, 0.5) is 0 Å². The van der Waals surface area contributed by atoms with Crippen molar-refractivity contribution < 1.29 is 4.79 Å². The molecule has 40 valence electrons. The Morgan fingerprint density at radius 1 is 1.86 bits per heavy atom.